The maximum absolute atomic E-state index is 5.53. The van der Waals surface area contributed by atoms with E-state index in [-0.39, 0.29) is 0 Å². The Balaban J connectivity index is 1.84. The monoisotopic (exact) mass is 252 g/mol. The number of anilines is 1. The third-order valence-corrected chi connectivity index (χ3v) is 4.23. The smallest absolute Gasteiger partial charge is 0.148 e. The van der Waals surface area contributed by atoms with Crippen molar-refractivity contribution in [3.8, 4) is 0 Å². The van der Waals surface area contributed by atoms with Gasteiger partial charge in [-0.15, -0.1) is 0 Å². The summed E-state index contributed by atoms with van der Waals surface area (Å²) in [7, 11) is 0. The molecule has 2 aliphatic heterocycles. The molecule has 1 unspecified atom stereocenters. The summed E-state index contributed by atoms with van der Waals surface area (Å²) in [5.74, 6) is 9.72. The number of hydrogen-bond donors (Lipinski definition) is 2. The molecule has 0 radical (unpaired) electrons. The summed E-state index contributed by atoms with van der Waals surface area (Å²) in [5.41, 5.74) is 5.01. The molecular weight excluding hydrogens is 236 g/mol. The fourth-order valence-electron chi connectivity index (χ4n) is 2.32. The molecule has 0 saturated carbocycles. The summed E-state index contributed by atoms with van der Waals surface area (Å²) in [6, 6.07) is 0. The van der Waals surface area contributed by atoms with E-state index in [9.17, 15) is 0 Å². The van der Waals surface area contributed by atoms with Crippen molar-refractivity contribution >= 4 is 17.6 Å². The molecule has 0 amide bonds. The number of nitrogens with one attached hydrogen (secondary N) is 1. The van der Waals surface area contributed by atoms with Crippen molar-refractivity contribution in [2.24, 2.45) is 11.8 Å². The number of aromatic nitrogens is 2. The van der Waals surface area contributed by atoms with Crippen LogP contribution in [0.4, 0.5) is 5.82 Å². The summed E-state index contributed by atoms with van der Waals surface area (Å²) in [6.45, 7) is 1.70. The number of ether oxygens (including phenoxy) is 1. The molecule has 6 heteroatoms. The molecule has 1 atom stereocenters. The first-order valence-electron chi connectivity index (χ1n) is 5.87. The molecular formula is C11H16N4OS. The van der Waals surface area contributed by atoms with E-state index in [0.717, 1.165) is 54.9 Å². The van der Waals surface area contributed by atoms with Crippen molar-refractivity contribution in [1.82, 2.24) is 9.97 Å². The Kier molecular flexibility index (Phi) is 3.17. The first-order chi connectivity index (χ1) is 8.36. The normalized spacial score (nSPS) is 22.8. The largest absolute Gasteiger partial charge is 0.381 e. The van der Waals surface area contributed by atoms with Crippen LogP contribution in [-0.2, 0) is 22.7 Å². The van der Waals surface area contributed by atoms with Crippen LogP contribution in [0.25, 0.3) is 0 Å². The number of nitrogens with two attached hydrogens (primary N) is 1. The lowest BCUT2D eigenvalue weighted by Gasteiger charge is -2.10. The van der Waals surface area contributed by atoms with Crippen molar-refractivity contribution in [3.63, 3.8) is 0 Å². The number of nitrogens with zero attached hydrogens (tertiary/aromatic N) is 2. The van der Waals surface area contributed by atoms with Gasteiger partial charge < -0.3 is 10.2 Å². The van der Waals surface area contributed by atoms with Crippen molar-refractivity contribution in [3.05, 3.63) is 17.1 Å². The van der Waals surface area contributed by atoms with Crippen LogP contribution in [0.3, 0.4) is 0 Å². The fraction of sp³-hybridized carbons (Fsp3) is 0.636. The third kappa shape index (κ3) is 2.25. The van der Waals surface area contributed by atoms with Gasteiger partial charge in [0.2, 0.25) is 0 Å². The van der Waals surface area contributed by atoms with Crippen molar-refractivity contribution < 1.29 is 4.74 Å². The van der Waals surface area contributed by atoms with Crippen LogP contribution < -0.4 is 11.3 Å². The van der Waals surface area contributed by atoms with E-state index in [1.165, 1.54) is 5.56 Å². The zero-order valence-electron chi connectivity index (χ0n) is 9.61. The van der Waals surface area contributed by atoms with Crippen molar-refractivity contribution in [2.75, 3.05) is 18.6 Å². The molecule has 0 aromatic carbocycles. The van der Waals surface area contributed by atoms with Gasteiger partial charge in [-0.25, -0.2) is 15.8 Å². The predicted octanol–water partition coefficient (Wildman–Crippen LogP) is 1.09. The number of rotatable bonds is 3. The molecule has 0 aliphatic carbocycles. The van der Waals surface area contributed by atoms with Crippen LogP contribution in [0, 0.1) is 5.92 Å². The molecule has 1 fully saturated rings. The lowest BCUT2D eigenvalue weighted by molar-refractivity contribution is 0.185. The standard InChI is InChI=1S/C11H16N4OS/c12-15-11-8-5-17-6-9(8)13-10(14-11)3-7-1-2-16-4-7/h7H,1-6,12H2,(H,13,14,15). The molecule has 2 aliphatic rings. The average molecular weight is 252 g/mol. The topological polar surface area (TPSA) is 73.1 Å². The molecule has 5 nitrogen and oxygen atoms in total. The van der Waals surface area contributed by atoms with Crippen LogP contribution in [-0.4, -0.2) is 23.2 Å². The van der Waals surface area contributed by atoms with Gasteiger partial charge >= 0.3 is 0 Å². The fourth-order valence-corrected chi connectivity index (χ4v) is 3.36. The van der Waals surface area contributed by atoms with Gasteiger partial charge in [-0.2, -0.15) is 11.8 Å². The predicted molar refractivity (Wildman–Crippen MR) is 67.5 cm³/mol. The van der Waals surface area contributed by atoms with Crippen molar-refractivity contribution in [2.45, 2.75) is 24.3 Å². The van der Waals surface area contributed by atoms with Gasteiger partial charge in [0.15, 0.2) is 0 Å². The summed E-state index contributed by atoms with van der Waals surface area (Å²) < 4.78 is 5.38. The zero-order valence-corrected chi connectivity index (χ0v) is 10.4. The summed E-state index contributed by atoms with van der Waals surface area (Å²) >= 11 is 1.86. The molecule has 17 heavy (non-hydrogen) atoms. The highest BCUT2D eigenvalue weighted by atomic mass is 32.2. The number of hydrazine groups is 1. The van der Waals surface area contributed by atoms with Gasteiger partial charge in [0, 0.05) is 36.7 Å². The van der Waals surface area contributed by atoms with E-state index in [1.807, 2.05) is 11.8 Å². The number of thioether (sulfide) groups is 1. The van der Waals surface area contributed by atoms with E-state index in [0.29, 0.717) is 5.92 Å². The van der Waals surface area contributed by atoms with Crippen LogP contribution in [0.1, 0.15) is 23.5 Å². The molecule has 0 spiro atoms. The Morgan fingerprint density at radius 1 is 1.41 bits per heavy atom. The molecule has 3 rings (SSSR count). The molecule has 3 N–H and O–H groups in total. The minimum absolute atomic E-state index is 0.563. The number of nitrogen functional groups attached to an aromatic ring is 1. The highest BCUT2D eigenvalue weighted by molar-refractivity contribution is 7.98. The Morgan fingerprint density at radius 3 is 3.12 bits per heavy atom. The Morgan fingerprint density at radius 2 is 2.35 bits per heavy atom. The van der Waals surface area contributed by atoms with Gasteiger partial charge in [-0.05, 0) is 12.3 Å². The molecule has 0 bridgehead atoms. The molecule has 1 aromatic heterocycles. The minimum Gasteiger partial charge on any atom is -0.381 e. The SMILES string of the molecule is NNc1nc(CC2CCOC2)nc2c1CSC2. The lowest BCUT2D eigenvalue weighted by atomic mass is 10.0. The Bertz CT molecular complexity index is 420. The van der Waals surface area contributed by atoms with E-state index in [4.69, 9.17) is 10.6 Å². The molecule has 1 aromatic rings. The molecule has 1 saturated heterocycles. The Labute approximate surface area is 105 Å². The Hall–Kier alpha value is -0.850. The molecule has 3 heterocycles. The highest BCUT2D eigenvalue weighted by Crippen LogP contribution is 2.32. The van der Waals surface area contributed by atoms with E-state index in [2.05, 4.69) is 15.4 Å². The van der Waals surface area contributed by atoms with E-state index >= 15 is 0 Å². The van der Waals surface area contributed by atoms with Gasteiger partial charge in [0.05, 0.1) is 5.69 Å². The maximum Gasteiger partial charge on any atom is 0.148 e. The highest BCUT2D eigenvalue weighted by Gasteiger charge is 2.22. The van der Waals surface area contributed by atoms with Crippen molar-refractivity contribution in [1.29, 1.82) is 0 Å². The number of fused-ring (bicyclic) bond motifs is 1. The van der Waals surface area contributed by atoms with Gasteiger partial charge in [0.25, 0.3) is 0 Å². The third-order valence-electron chi connectivity index (χ3n) is 3.26. The number of hydrogen-bond acceptors (Lipinski definition) is 6. The second kappa shape index (κ2) is 4.80. The summed E-state index contributed by atoms with van der Waals surface area (Å²) in [5, 5.41) is 0. The van der Waals surface area contributed by atoms with Crippen LogP contribution in [0.15, 0.2) is 0 Å². The minimum atomic E-state index is 0.563. The van der Waals surface area contributed by atoms with Gasteiger partial charge in [-0.3, -0.25) is 0 Å². The maximum atomic E-state index is 5.53. The average Bonchev–Trinajstić information content (AvgIpc) is 2.98. The second-order valence-electron chi connectivity index (χ2n) is 4.48. The van der Waals surface area contributed by atoms with E-state index < -0.39 is 0 Å². The quantitative estimate of drug-likeness (QED) is 0.619. The lowest BCUT2D eigenvalue weighted by Crippen LogP contribution is -2.15. The first kappa shape index (κ1) is 11.3. The van der Waals surface area contributed by atoms with Crippen LogP contribution >= 0.6 is 11.8 Å². The summed E-state index contributed by atoms with van der Waals surface area (Å²) in [4.78, 5) is 9.15. The molecule has 92 valence electrons. The second-order valence-corrected chi connectivity index (χ2v) is 5.47. The van der Waals surface area contributed by atoms with Crippen LogP contribution in [0.5, 0.6) is 0 Å². The van der Waals surface area contributed by atoms with Gasteiger partial charge in [-0.1, -0.05) is 0 Å². The van der Waals surface area contributed by atoms with Crippen LogP contribution in [0.2, 0.25) is 0 Å². The van der Waals surface area contributed by atoms with Gasteiger partial charge in [0.1, 0.15) is 11.6 Å². The zero-order chi connectivity index (χ0) is 11.7. The van der Waals surface area contributed by atoms with E-state index in [1.54, 1.807) is 0 Å². The first-order valence-corrected chi connectivity index (χ1v) is 7.03. The summed E-state index contributed by atoms with van der Waals surface area (Å²) in [6.07, 6.45) is 2.01.